The molecule has 1 aliphatic heterocycles. The second kappa shape index (κ2) is 5.46. The van der Waals surface area contributed by atoms with Crippen LogP contribution in [0.5, 0.6) is 0 Å². The molecule has 0 spiro atoms. The molecule has 5 heteroatoms. The predicted molar refractivity (Wildman–Crippen MR) is 79.5 cm³/mol. The first-order valence-electron chi connectivity index (χ1n) is 6.88. The summed E-state index contributed by atoms with van der Waals surface area (Å²) in [6.45, 7) is 2.63. The van der Waals surface area contributed by atoms with Crippen molar-refractivity contribution in [3.63, 3.8) is 0 Å². The Bertz CT molecular complexity index is 641. The molecular weight excluding hydrogens is 252 g/mol. The Hall–Kier alpha value is -2.14. The third-order valence-electron chi connectivity index (χ3n) is 3.67. The summed E-state index contributed by atoms with van der Waals surface area (Å²) in [6, 6.07) is 8.06. The molecule has 0 atom stereocenters. The summed E-state index contributed by atoms with van der Waals surface area (Å²) in [7, 11) is 0. The fraction of sp³-hybridized carbons (Fsp3) is 0.333. The summed E-state index contributed by atoms with van der Waals surface area (Å²) < 4.78 is 0. The van der Waals surface area contributed by atoms with E-state index in [9.17, 15) is 4.79 Å². The Labute approximate surface area is 117 Å². The van der Waals surface area contributed by atoms with Gasteiger partial charge < -0.3 is 16.0 Å². The highest BCUT2D eigenvalue weighted by molar-refractivity contribution is 5.93. The maximum Gasteiger partial charge on any atom is 0.221 e. The standard InChI is InChI=1S/C15H18N4O/c16-9-11-10-18-13-4-2-1-3-12(13)15(11)19-7-5-14(20)17-6-8-19/h1-4,10H,5-9,16H2,(H,17,20). The molecule has 2 heterocycles. The highest BCUT2D eigenvalue weighted by Crippen LogP contribution is 2.29. The van der Waals surface area contributed by atoms with E-state index >= 15 is 0 Å². The van der Waals surface area contributed by atoms with Crippen LogP contribution < -0.4 is 16.0 Å². The van der Waals surface area contributed by atoms with E-state index in [1.54, 1.807) is 0 Å². The largest absolute Gasteiger partial charge is 0.368 e. The molecule has 0 saturated carbocycles. The number of nitrogens with zero attached hydrogens (tertiary/aromatic N) is 2. The van der Waals surface area contributed by atoms with E-state index in [4.69, 9.17) is 5.73 Å². The van der Waals surface area contributed by atoms with Crippen molar-refractivity contribution in [2.45, 2.75) is 13.0 Å². The third kappa shape index (κ3) is 2.32. The summed E-state index contributed by atoms with van der Waals surface area (Å²) in [6.07, 6.45) is 2.36. The third-order valence-corrected chi connectivity index (χ3v) is 3.67. The Morgan fingerprint density at radius 2 is 2.15 bits per heavy atom. The summed E-state index contributed by atoms with van der Waals surface area (Å²) in [4.78, 5) is 18.2. The van der Waals surface area contributed by atoms with Crippen LogP contribution in [0.2, 0.25) is 0 Å². The number of hydrogen-bond acceptors (Lipinski definition) is 4. The number of aromatic nitrogens is 1. The van der Waals surface area contributed by atoms with Gasteiger partial charge in [0.25, 0.3) is 0 Å². The van der Waals surface area contributed by atoms with Gasteiger partial charge in [-0.1, -0.05) is 18.2 Å². The van der Waals surface area contributed by atoms with Gasteiger partial charge >= 0.3 is 0 Å². The minimum Gasteiger partial charge on any atom is -0.368 e. The number of anilines is 1. The molecule has 0 aliphatic carbocycles. The first kappa shape index (κ1) is 12.9. The number of rotatable bonds is 2. The van der Waals surface area contributed by atoms with Gasteiger partial charge in [0.15, 0.2) is 0 Å². The number of pyridine rings is 1. The van der Waals surface area contributed by atoms with E-state index in [2.05, 4.69) is 21.3 Å². The summed E-state index contributed by atoms with van der Waals surface area (Å²) >= 11 is 0. The van der Waals surface area contributed by atoms with E-state index in [-0.39, 0.29) is 5.91 Å². The van der Waals surface area contributed by atoms with Crippen molar-refractivity contribution in [1.82, 2.24) is 10.3 Å². The molecule has 2 aromatic rings. The van der Waals surface area contributed by atoms with Gasteiger partial charge in [0.2, 0.25) is 5.91 Å². The van der Waals surface area contributed by atoms with Gasteiger partial charge in [-0.25, -0.2) is 0 Å². The zero-order chi connectivity index (χ0) is 13.9. The van der Waals surface area contributed by atoms with Crippen LogP contribution in [0.25, 0.3) is 10.9 Å². The highest BCUT2D eigenvalue weighted by Gasteiger charge is 2.18. The quantitative estimate of drug-likeness (QED) is 0.854. The molecule has 1 aromatic heterocycles. The van der Waals surface area contributed by atoms with E-state index in [0.29, 0.717) is 26.1 Å². The number of para-hydroxylation sites is 1. The van der Waals surface area contributed by atoms with Crippen molar-refractivity contribution in [3.05, 3.63) is 36.0 Å². The number of amides is 1. The first-order valence-corrected chi connectivity index (χ1v) is 6.88. The lowest BCUT2D eigenvalue weighted by Gasteiger charge is -2.26. The lowest BCUT2D eigenvalue weighted by Crippen LogP contribution is -2.29. The van der Waals surface area contributed by atoms with Gasteiger partial charge in [0, 0.05) is 49.7 Å². The van der Waals surface area contributed by atoms with Crippen molar-refractivity contribution in [3.8, 4) is 0 Å². The molecule has 0 bridgehead atoms. The van der Waals surface area contributed by atoms with Crippen molar-refractivity contribution in [2.24, 2.45) is 5.73 Å². The van der Waals surface area contributed by atoms with Gasteiger partial charge in [0.05, 0.1) is 11.2 Å². The zero-order valence-electron chi connectivity index (χ0n) is 11.3. The average molecular weight is 270 g/mol. The molecule has 1 amide bonds. The molecule has 1 saturated heterocycles. The number of nitrogens with one attached hydrogen (secondary N) is 1. The normalized spacial score (nSPS) is 16.1. The van der Waals surface area contributed by atoms with Crippen LogP contribution in [0, 0.1) is 0 Å². The topological polar surface area (TPSA) is 71.2 Å². The number of benzene rings is 1. The molecule has 104 valence electrons. The van der Waals surface area contributed by atoms with Crippen molar-refractivity contribution in [1.29, 1.82) is 0 Å². The minimum absolute atomic E-state index is 0.111. The van der Waals surface area contributed by atoms with Gasteiger partial charge in [0.1, 0.15) is 0 Å². The van der Waals surface area contributed by atoms with Gasteiger partial charge in [-0.3, -0.25) is 9.78 Å². The molecule has 0 radical (unpaired) electrons. The minimum atomic E-state index is 0.111. The Morgan fingerprint density at radius 3 is 3.00 bits per heavy atom. The lowest BCUT2D eigenvalue weighted by atomic mass is 10.1. The monoisotopic (exact) mass is 270 g/mol. The second-order valence-electron chi connectivity index (χ2n) is 4.94. The molecule has 1 aliphatic rings. The van der Waals surface area contributed by atoms with Crippen molar-refractivity contribution < 1.29 is 4.79 Å². The molecule has 1 fully saturated rings. The van der Waals surface area contributed by atoms with Crippen LogP contribution in [-0.2, 0) is 11.3 Å². The number of carbonyl (C=O) groups excluding carboxylic acids is 1. The molecule has 3 rings (SSSR count). The van der Waals surface area contributed by atoms with Gasteiger partial charge in [-0.2, -0.15) is 0 Å². The average Bonchev–Trinajstić information content (AvgIpc) is 2.70. The van der Waals surface area contributed by atoms with Crippen LogP contribution >= 0.6 is 0 Å². The molecule has 0 unspecified atom stereocenters. The predicted octanol–water partition coefficient (Wildman–Crippen LogP) is 1.02. The highest BCUT2D eigenvalue weighted by atomic mass is 16.1. The maximum absolute atomic E-state index is 11.5. The molecule has 5 nitrogen and oxygen atoms in total. The van der Waals surface area contributed by atoms with Gasteiger partial charge in [-0.05, 0) is 6.07 Å². The summed E-state index contributed by atoms with van der Waals surface area (Å²) in [5.41, 5.74) is 8.97. The number of carbonyl (C=O) groups is 1. The molecular formula is C15H18N4O. The molecule has 1 aromatic carbocycles. The van der Waals surface area contributed by atoms with Gasteiger partial charge in [-0.15, -0.1) is 0 Å². The summed E-state index contributed by atoms with van der Waals surface area (Å²) in [5, 5.41) is 4.00. The van der Waals surface area contributed by atoms with Crippen LogP contribution in [-0.4, -0.2) is 30.5 Å². The first-order chi connectivity index (χ1) is 9.79. The maximum atomic E-state index is 11.5. The van der Waals surface area contributed by atoms with Crippen LogP contribution in [0.1, 0.15) is 12.0 Å². The number of nitrogens with two attached hydrogens (primary N) is 1. The molecule has 3 N–H and O–H groups in total. The van der Waals surface area contributed by atoms with Crippen LogP contribution in [0.15, 0.2) is 30.5 Å². The van der Waals surface area contributed by atoms with Crippen LogP contribution in [0.4, 0.5) is 5.69 Å². The fourth-order valence-electron chi connectivity index (χ4n) is 2.68. The Morgan fingerprint density at radius 1 is 1.30 bits per heavy atom. The van der Waals surface area contributed by atoms with E-state index < -0.39 is 0 Å². The van der Waals surface area contributed by atoms with Crippen LogP contribution in [0.3, 0.4) is 0 Å². The van der Waals surface area contributed by atoms with Crippen molar-refractivity contribution in [2.75, 3.05) is 24.5 Å². The number of hydrogen-bond donors (Lipinski definition) is 2. The van der Waals surface area contributed by atoms with E-state index in [0.717, 1.165) is 28.7 Å². The lowest BCUT2D eigenvalue weighted by molar-refractivity contribution is -0.120. The van der Waals surface area contributed by atoms with E-state index in [1.165, 1.54) is 0 Å². The SMILES string of the molecule is NCc1cnc2ccccc2c1N1CCNC(=O)CC1. The molecule has 20 heavy (non-hydrogen) atoms. The fourth-order valence-corrected chi connectivity index (χ4v) is 2.68. The van der Waals surface area contributed by atoms with Crippen molar-refractivity contribution >= 4 is 22.5 Å². The van der Waals surface area contributed by atoms with E-state index in [1.807, 2.05) is 24.4 Å². The zero-order valence-corrected chi connectivity index (χ0v) is 11.3. The smallest absolute Gasteiger partial charge is 0.221 e. The summed E-state index contributed by atoms with van der Waals surface area (Å²) in [5.74, 6) is 0.111. The second-order valence-corrected chi connectivity index (χ2v) is 4.94. The Balaban J connectivity index is 2.10. The Kier molecular flexibility index (Phi) is 3.52. The number of fused-ring (bicyclic) bond motifs is 1.